The van der Waals surface area contributed by atoms with Gasteiger partial charge in [0.2, 0.25) is 0 Å². The fourth-order valence-electron chi connectivity index (χ4n) is 1.00. The lowest BCUT2D eigenvalue weighted by atomic mass is 10.3. The largest absolute Gasteiger partial charge is 0.480 e. The molecule has 0 aliphatic carbocycles. The Bertz CT molecular complexity index is 289. The van der Waals surface area contributed by atoms with E-state index >= 15 is 0 Å². The predicted molar refractivity (Wildman–Crippen MR) is 53.2 cm³/mol. The summed E-state index contributed by atoms with van der Waals surface area (Å²) in [5, 5.41) is 14.4. The number of aromatic nitrogens is 1. The molecular formula is C9H13N3O2. The Labute approximate surface area is 82.2 Å². The quantitative estimate of drug-likeness (QED) is 0.624. The van der Waals surface area contributed by atoms with Gasteiger partial charge in [-0.05, 0) is 19.2 Å². The number of hydrogen-bond donors (Lipinski definition) is 3. The summed E-state index contributed by atoms with van der Waals surface area (Å²) in [4.78, 5) is 14.5. The number of anilines is 1. The summed E-state index contributed by atoms with van der Waals surface area (Å²) >= 11 is 0. The van der Waals surface area contributed by atoms with Crippen molar-refractivity contribution in [2.75, 3.05) is 18.9 Å². The van der Waals surface area contributed by atoms with Crippen molar-refractivity contribution in [1.29, 1.82) is 0 Å². The average molecular weight is 195 g/mol. The van der Waals surface area contributed by atoms with E-state index in [0.717, 1.165) is 5.69 Å². The summed E-state index contributed by atoms with van der Waals surface area (Å²) in [6.45, 7) is 0.343. The van der Waals surface area contributed by atoms with Gasteiger partial charge in [-0.25, -0.2) is 0 Å². The highest BCUT2D eigenvalue weighted by atomic mass is 16.4. The monoisotopic (exact) mass is 195 g/mol. The molecule has 1 rings (SSSR count). The van der Waals surface area contributed by atoms with Crippen LogP contribution in [0, 0.1) is 0 Å². The number of likely N-dealkylation sites (N-methyl/N-ethyl adjacent to an activating group) is 1. The molecule has 14 heavy (non-hydrogen) atoms. The SMILES string of the molecule is CNC(CNc1ccncc1)C(=O)O. The molecule has 0 fully saturated rings. The lowest BCUT2D eigenvalue weighted by molar-refractivity contribution is -0.138. The molecule has 0 spiro atoms. The normalized spacial score (nSPS) is 12.1. The Morgan fingerprint density at radius 3 is 2.71 bits per heavy atom. The molecule has 3 N–H and O–H groups in total. The van der Waals surface area contributed by atoms with Crippen molar-refractivity contribution in [1.82, 2.24) is 10.3 Å². The average Bonchev–Trinajstić information content (AvgIpc) is 2.20. The molecule has 5 nitrogen and oxygen atoms in total. The van der Waals surface area contributed by atoms with Crippen LogP contribution >= 0.6 is 0 Å². The molecule has 1 heterocycles. The number of aliphatic carboxylic acids is 1. The van der Waals surface area contributed by atoms with Crippen LogP contribution in [-0.4, -0.2) is 35.7 Å². The molecule has 0 radical (unpaired) electrons. The second-order valence-corrected chi connectivity index (χ2v) is 2.80. The number of carboxylic acids is 1. The molecule has 0 aliphatic rings. The third kappa shape index (κ3) is 3.02. The molecule has 76 valence electrons. The number of pyridine rings is 1. The Balaban J connectivity index is 2.44. The van der Waals surface area contributed by atoms with Gasteiger partial charge in [-0.15, -0.1) is 0 Å². The molecule has 1 atom stereocenters. The summed E-state index contributed by atoms with van der Waals surface area (Å²) in [6.07, 6.45) is 3.30. The Hall–Kier alpha value is -1.62. The van der Waals surface area contributed by atoms with Crippen LogP contribution in [0.15, 0.2) is 24.5 Å². The van der Waals surface area contributed by atoms with Gasteiger partial charge in [0.15, 0.2) is 0 Å². The molecule has 0 saturated carbocycles. The van der Waals surface area contributed by atoms with Crippen LogP contribution in [0.25, 0.3) is 0 Å². The highest BCUT2D eigenvalue weighted by molar-refractivity contribution is 5.74. The standard InChI is InChI=1S/C9H13N3O2/c1-10-8(9(13)14)6-12-7-2-4-11-5-3-7/h2-5,8,10H,6H2,1H3,(H,11,12)(H,13,14). The van der Waals surface area contributed by atoms with Crippen molar-refractivity contribution in [2.24, 2.45) is 0 Å². The zero-order valence-electron chi connectivity index (χ0n) is 7.90. The predicted octanol–water partition coefficient (Wildman–Crippen LogP) is 0.166. The van der Waals surface area contributed by atoms with Gasteiger partial charge < -0.3 is 15.7 Å². The van der Waals surface area contributed by atoms with Crippen LogP contribution < -0.4 is 10.6 Å². The fraction of sp³-hybridized carbons (Fsp3) is 0.333. The Kier molecular flexibility index (Phi) is 3.87. The number of hydrogen-bond acceptors (Lipinski definition) is 4. The Morgan fingerprint density at radius 1 is 1.57 bits per heavy atom. The summed E-state index contributed by atoms with van der Waals surface area (Å²) in [5.41, 5.74) is 0.863. The zero-order chi connectivity index (χ0) is 10.4. The van der Waals surface area contributed by atoms with Crippen molar-refractivity contribution in [3.05, 3.63) is 24.5 Å². The molecule has 1 aromatic rings. The summed E-state index contributed by atoms with van der Waals surface area (Å²) in [7, 11) is 1.62. The van der Waals surface area contributed by atoms with Crippen LogP contribution in [0.2, 0.25) is 0 Å². The maximum absolute atomic E-state index is 10.6. The van der Waals surface area contributed by atoms with Crippen molar-refractivity contribution >= 4 is 11.7 Å². The topological polar surface area (TPSA) is 74.2 Å². The van der Waals surface area contributed by atoms with E-state index in [1.54, 1.807) is 31.6 Å². The third-order valence-electron chi connectivity index (χ3n) is 1.84. The second-order valence-electron chi connectivity index (χ2n) is 2.80. The van der Waals surface area contributed by atoms with Crippen LogP contribution in [-0.2, 0) is 4.79 Å². The summed E-state index contributed by atoms with van der Waals surface area (Å²) < 4.78 is 0. The highest BCUT2D eigenvalue weighted by Crippen LogP contribution is 2.02. The fourth-order valence-corrected chi connectivity index (χ4v) is 1.00. The number of nitrogens with one attached hydrogen (secondary N) is 2. The number of carbonyl (C=O) groups is 1. The van der Waals surface area contributed by atoms with Crippen molar-refractivity contribution in [3.8, 4) is 0 Å². The van der Waals surface area contributed by atoms with Crippen molar-refractivity contribution < 1.29 is 9.90 Å². The van der Waals surface area contributed by atoms with Crippen LogP contribution in [0.1, 0.15) is 0 Å². The number of nitrogens with zero attached hydrogens (tertiary/aromatic N) is 1. The van der Waals surface area contributed by atoms with E-state index in [9.17, 15) is 4.79 Å². The van der Waals surface area contributed by atoms with Crippen molar-refractivity contribution in [3.63, 3.8) is 0 Å². The van der Waals surface area contributed by atoms with E-state index in [2.05, 4.69) is 15.6 Å². The van der Waals surface area contributed by atoms with Gasteiger partial charge in [0.1, 0.15) is 6.04 Å². The smallest absolute Gasteiger partial charge is 0.322 e. The van der Waals surface area contributed by atoms with Gasteiger partial charge in [0.05, 0.1) is 0 Å². The number of rotatable bonds is 5. The molecule has 1 unspecified atom stereocenters. The molecule has 0 aromatic carbocycles. The van der Waals surface area contributed by atoms with Gasteiger partial charge >= 0.3 is 5.97 Å². The molecule has 1 aromatic heterocycles. The molecular weight excluding hydrogens is 182 g/mol. The summed E-state index contributed by atoms with van der Waals surface area (Å²) in [5.74, 6) is -0.867. The van der Waals surface area contributed by atoms with Gasteiger partial charge in [0.25, 0.3) is 0 Å². The van der Waals surface area contributed by atoms with Crippen LogP contribution in [0.4, 0.5) is 5.69 Å². The van der Waals surface area contributed by atoms with E-state index in [-0.39, 0.29) is 0 Å². The van der Waals surface area contributed by atoms with E-state index in [4.69, 9.17) is 5.11 Å². The van der Waals surface area contributed by atoms with Crippen molar-refractivity contribution in [2.45, 2.75) is 6.04 Å². The first-order valence-electron chi connectivity index (χ1n) is 4.28. The maximum atomic E-state index is 10.6. The molecule has 5 heteroatoms. The molecule has 0 saturated heterocycles. The Morgan fingerprint density at radius 2 is 2.21 bits per heavy atom. The zero-order valence-corrected chi connectivity index (χ0v) is 7.90. The van der Waals surface area contributed by atoms with Gasteiger partial charge in [-0.2, -0.15) is 0 Å². The minimum Gasteiger partial charge on any atom is -0.480 e. The van der Waals surface area contributed by atoms with E-state index < -0.39 is 12.0 Å². The van der Waals surface area contributed by atoms with E-state index in [1.165, 1.54) is 0 Å². The lowest BCUT2D eigenvalue weighted by Crippen LogP contribution is -2.39. The minimum atomic E-state index is -0.867. The molecule has 0 aliphatic heterocycles. The van der Waals surface area contributed by atoms with Crippen LogP contribution in [0.3, 0.4) is 0 Å². The van der Waals surface area contributed by atoms with Gasteiger partial charge in [-0.1, -0.05) is 0 Å². The molecule has 0 amide bonds. The van der Waals surface area contributed by atoms with E-state index in [0.29, 0.717) is 6.54 Å². The minimum absolute atomic E-state index is 0.343. The lowest BCUT2D eigenvalue weighted by Gasteiger charge is -2.12. The number of carboxylic acid groups (broad SMARTS) is 1. The van der Waals surface area contributed by atoms with Gasteiger partial charge in [0, 0.05) is 24.6 Å². The summed E-state index contributed by atoms with van der Waals surface area (Å²) in [6, 6.07) is 2.99. The van der Waals surface area contributed by atoms with Gasteiger partial charge in [-0.3, -0.25) is 9.78 Å². The molecule has 0 bridgehead atoms. The third-order valence-corrected chi connectivity index (χ3v) is 1.84. The maximum Gasteiger partial charge on any atom is 0.322 e. The first-order valence-corrected chi connectivity index (χ1v) is 4.28. The highest BCUT2D eigenvalue weighted by Gasteiger charge is 2.13. The van der Waals surface area contributed by atoms with Crippen LogP contribution in [0.5, 0.6) is 0 Å². The first kappa shape index (κ1) is 10.5. The first-order chi connectivity index (χ1) is 6.74. The van der Waals surface area contributed by atoms with E-state index in [1.807, 2.05) is 0 Å². The second kappa shape index (κ2) is 5.18.